The van der Waals surface area contributed by atoms with E-state index >= 15 is 0 Å². The summed E-state index contributed by atoms with van der Waals surface area (Å²) in [4.78, 5) is 31.2. The highest BCUT2D eigenvalue weighted by atomic mass is 35.5. The summed E-state index contributed by atoms with van der Waals surface area (Å²) < 4.78 is 0. The van der Waals surface area contributed by atoms with Crippen molar-refractivity contribution in [1.82, 2.24) is 4.90 Å². The second-order valence-corrected chi connectivity index (χ2v) is 7.05. The van der Waals surface area contributed by atoms with Gasteiger partial charge in [-0.05, 0) is 42.0 Å². The Morgan fingerprint density at radius 1 is 0.958 bits per heavy atom. The molecule has 0 radical (unpaired) electrons. The first-order valence-corrected chi connectivity index (χ1v) is 8.52. The predicted molar refractivity (Wildman–Crippen MR) is 95.3 cm³/mol. The van der Waals surface area contributed by atoms with Gasteiger partial charge in [0.15, 0.2) is 5.17 Å². The van der Waals surface area contributed by atoms with Crippen molar-refractivity contribution in [2.45, 2.75) is 4.90 Å². The average Bonchev–Trinajstić information content (AvgIpc) is 2.85. The maximum absolute atomic E-state index is 12.6. The molecule has 0 N–H and O–H groups in total. The Labute approximate surface area is 151 Å². The monoisotopic (exact) mass is 374 g/mol. The molecule has 0 saturated carbocycles. The van der Waals surface area contributed by atoms with Gasteiger partial charge in [-0.3, -0.25) is 9.59 Å². The molecule has 4 nitrogen and oxygen atoms in total. The fraction of sp³-hybridized carbons (Fsp3) is 0. The van der Waals surface area contributed by atoms with E-state index in [2.05, 4.69) is 4.99 Å². The van der Waals surface area contributed by atoms with Gasteiger partial charge in [-0.15, -0.1) is 0 Å². The number of amidine groups is 1. The van der Waals surface area contributed by atoms with Crippen LogP contribution >= 0.6 is 35.0 Å². The van der Waals surface area contributed by atoms with Gasteiger partial charge < -0.3 is 0 Å². The van der Waals surface area contributed by atoms with Crippen LogP contribution in [0.1, 0.15) is 15.9 Å². The number of fused-ring (bicyclic) bond motifs is 2. The van der Waals surface area contributed by atoms with Gasteiger partial charge in [0.2, 0.25) is 0 Å². The zero-order chi connectivity index (χ0) is 16.8. The molecule has 2 amide bonds. The van der Waals surface area contributed by atoms with Gasteiger partial charge in [-0.1, -0.05) is 47.1 Å². The highest BCUT2D eigenvalue weighted by molar-refractivity contribution is 8.14. The number of benzene rings is 2. The number of imide groups is 1. The van der Waals surface area contributed by atoms with Crippen molar-refractivity contribution in [2.24, 2.45) is 4.99 Å². The van der Waals surface area contributed by atoms with Crippen LogP contribution in [0, 0.1) is 0 Å². The van der Waals surface area contributed by atoms with E-state index in [0.717, 1.165) is 10.5 Å². The van der Waals surface area contributed by atoms with E-state index in [4.69, 9.17) is 23.2 Å². The molecule has 0 aliphatic carbocycles. The van der Waals surface area contributed by atoms with Crippen molar-refractivity contribution < 1.29 is 9.59 Å². The molecule has 2 aromatic rings. The smallest absolute Gasteiger partial charge is 0.268 e. The minimum atomic E-state index is -0.432. The van der Waals surface area contributed by atoms with E-state index in [9.17, 15) is 9.59 Å². The van der Waals surface area contributed by atoms with Crippen molar-refractivity contribution in [3.8, 4) is 0 Å². The molecule has 2 heterocycles. The number of rotatable bonds is 1. The molecule has 0 aromatic heterocycles. The standard InChI is InChI=1S/C17H8Cl2N2O2S/c18-10-3-1-9(2-4-10)7-13-16(23)21-15(22)12-6-5-11(19)8-14(12)24-17(21)20-13/h1-8H/b13-7-. The first-order valence-electron chi connectivity index (χ1n) is 6.95. The summed E-state index contributed by atoms with van der Waals surface area (Å²) >= 11 is 13.1. The normalized spacial score (nSPS) is 17.8. The number of aliphatic imine (C=N–C) groups is 1. The SMILES string of the molecule is O=C1/C(=C/c2ccc(Cl)cc2)N=C2Sc3cc(Cl)ccc3C(=O)N12. The summed E-state index contributed by atoms with van der Waals surface area (Å²) in [5.41, 5.74) is 1.45. The summed E-state index contributed by atoms with van der Waals surface area (Å²) in [6, 6.07) is 12.0. The van der Waals surface area contributed by atoms with Gasteiger partial charge in [0.25, 0.3) is 11.8 Å². The van der Waals surface area contributed by atoms with Crippen molar-refractivity contribution >= 4 is 58.0 Å². The Bertz CT molecular complexity index is 952. The highest BCUT2D eigenvalue weighted by Gasteiger charge is 2.40. The molecule has 0 spiro atoms. The van der Waals surface area contributed by atoms with Gasteiger partial charge in [0.1, 0.15) is 5.70 Å². The van der Waals surface area contributed by atoms with E-state index in [-0.39, 0.29) is 11.6 Å². The molecule has 24 heavy (non-hydrogen) atoms. The number of thioether (sulfide) groups is 1. The number of halogens is 2. The van der Waals surface area contributed by atoms with Crippen LogP contribution < -0.4 is 0 Å². The first-order chi connectivity index (χ1) is 11.5. The van der Waals surface area contributed by atoms with E-state index in [1.54, 1.807) is 48.5 Å². The second-order valence-electron chi connectivity index (χ2n) is 5.16. The van der Waals surface area contributed by atoms with Crippen molar-refractivity contribution in [3.05, 3.63) is 69.3 Å². The Morgan fingerprint density at radius 3 is 2.42 bits per heavy atom. The number of hydrogen-bond donors (Lipinski definition) is 0. The minimum Gasteiger partial charge on any atom is -0.268 e. The van der Waals surface area contributed by atoms with Crippen LogP contribution in [0.5, 0.6) is 0 Å². The van der Waals surface area contributed by atoms with Crippen LogP contribution in [-0.4, -0.2) is 21.9 Å². The Kier molecular flexibility index (Phi) is 3.72. The lowest BCUT2D eigenvalue weighted by Crippen LogP contribution is -2.39. The summed E-state index contributed by atoms with van der Waals surface area (Å²) in [6.07, 6.45) is 1.63. The van der Waals surface area contributed by atoms with Gasteiger partial charge in [0, 0.05) is 14.9 Å². The largest absolute Gasteiger partial charge is 0.285 e. The number of carbonyl (C=O) groups excluding carboxylic acids is 2. The van der Waals surface area contributed by atoms with E-state index in [0.29, 0.717) is 25.7 Å². The second kappa shape index (κ2) is 5.77. The molecule has 0 unspecified atom stereocenters. The van der Waals surface area contributed by atoms with Crippen molar-refractivity contribution in [2.75, 3.05) is 0 Å². The lowest BCUT2D eigenvalue weighted by molar-refractivity contribution is -0.120. The number of carbonyl (C=O) groups is 2. The zero-order valence-corrected chi connectivity index (χ0v) is 14.3. The lowest BCUT2D eigenvalue weighted by Gasteiger charge is -2.22. The molecular formula is C17H8Cl2N2O2S. The number of amides is 2. The third kappa shape index (κ3) is 2.55. The molecule has 118 valence electrons. The summed E-state index contributed by atoms with van der Waals surface area (Å²) in [7, 11) is 0. The van der Waals surface area contributed by atoms with Crippen molar-refractivity contribution in [1.29, 1.82) is 0 Å². The van der Waals surface area contributed by atoms with Gasteiger partial charge >= 0.3 is 0 Å². The lowest BCUT2D eigenvalue weighted by atomic mass is 10.1. The van der Waals surface area contributed by atoms with Crippen LogP contribution in [0.4, 0.5) is 0 Å². The quantitative estimate of drug-likeness (QED) is 0.546. The third-order valence-electron chi connectivity index (χ3n) is 3.58. The summed E-state index contributed by atoms with van der Waals surface area (Å²) in [6.45, 7) is 0. The van der Waals surface area contributed by atoms with Crippen molar-refractivity contribution in [3.63, 3.8) is 0 Å². The molecule has 4 rings (SSSR count). The summed E-state index contributed by atoms with van der Waals surface area (Å²) in [5, 5.41) is 1.49. The molecule has 0 saturated heterocycles. The van der Waals surface area contributed by atoms with Crippen LogP contribution in [-0.2, 0) is 4.79 Å². The topological polar surface area (TPSA) is 49.7 Å². The van der Waals surface area contributed by atoms with Crippen LogP contribution in [0.25, 0.3) is 6.08 Å². The zero-order valence-electron chi connectivity index (χ0n) is 12.0. The Morgan fingerprint density at radius 2 is 1.67 bits per heavy atom. The Balaban J connectivity index is 1.74. The predicted octanol–water partition coefficient (Wildman–Crippen LogP) is 4.48. The van der Waals surface area contributed by atoms with Gasteiger partial charge in [0.05, 0.1) is 5.56 Å². The maximum atomic E-state index is 12.6. The fourth-order valence-corrected chi connectivity index (χ4v) is 3.85. The molecule has 7 heteroatoms. The molecule has 0 atom stereocenters. The fourth-order valence-electron chi connectivity index (χ4n) is 2.44. The molecule has 0 fully saturated rings. The Hall–Kier alpha value is -2.08. The first kappa shape index (κ1) is 15.4. The maximum Gasteiger partial charge on any atom is 0.285 e. The molecule has 0 bridgehead atoms. The average molecular weight is 375 g/mol. The highest BCUT2D eigenvalue weighted by Crippen LogP contribution is 2.38. The third-order valence-corrected chi connectivity index (χ3v) is 5.08. The number of hydrogen-bond acceptors (Lipinski definition) is 4. The van der Waals surface area contributed by atoms with Crippen LogP contribution in [0.2, 0.25) is 10.0 Å². The number of nitrogens with zero attached hydrogens (tertiary/aromatic N) is 2. The van der Waals surface area contributed by atoms with E-state index < -0.39 is 5.91 Å². The van der Waals surface area contributed by atoms with Crippen LogP contribution in [0.3, 0.4) is 0 Å². The van der Waals surface area contributed by atoms with Crippen LogP contribution in [0.15, 0.2) is 58.0 Å². The van der Waals surface area contributed by atoms with E-state index in [1.165, 1.54) is 11.8 Å². The molecule has 2 aromatic carbocycles. The molecular weight excluding hydrogens is 367 g/mol. The van der Waals surface area contributed by atoms with Gasteiger partial charge in [-0.2, -0.15) is 0 Å². The van der Waals surface area contributed by atoms with Gasteiger partial charge in [-0.25, -0.2) is 9.89 Å². The van der Waals surface area contributed by atoms with E-state index in [1.807, 2.05) is 0 Å². The summed E-state index contributed by atoms with van der Waals surface area (Å²) in [5.74, 6) is -0.818. The molecule has 2 aliphatic rings. The molecule has 2 aliphatic heterocycles. The minimum absolute atomic E-state index is 0.215.